The molecule has 0 radical (unpaired) electrons. The summed E-state index contributed by atoms with van der Waals surface area (Å²) in [5.41, 5.74) is 1.48. The lowest BCUT2D eigenvalue weighted by molar-refractivity contribution is 0.739. The molecule has 1 heterocycles. The van der Waals surface area contributed by atoms with E-state index >= 15 is 0 Å². The highest BCUT2D eigenvalue weighted by molar-refractivity contribution is 7.57. The molecule has 0 amide bonds. The van der Waals surface area contributed by atoms with Crippen molar-refractivity contribution in [2.75, 3.05) is 0 Å². The molecule has 1 atom stereocenters. The van der Waals surface area contributed by atoms with Gasteiger partial charge in [-0.25, -0.2) is 0 Å². The molecule has 0 aromatic heterocycles. The van der Waals surface area contributed by atoms with Gasteiger partial charge in [-0.05, 0) is 32.7 Å². The van der Waals surface area contributed by atoms with Gasteiger partial charge in [-0.15, -0.1) is 0 Å². The Bertz CT molecular complexity index is 203. The van der Waals surface area contributed by atoms with Crippen LogP contribution in [0.15, 0.2) is 4.99 Å². The molecule has 0 bridgehead atoms. The van der Waals surface area contributed by atoms with E-state index in [1.807, 2.05) is 0 Å². The van der Waals surface area contributed by atoms with Crippen LogP contribution in [0.4, 0.5) is 0 Å². The standard InChI is InChI=1S/C11H23N2P/c1-8(2)14(9(3)4)13-11-7-6-10(5)12-11/h8-10H,6-7H2,1-5H3,(H,12,13). The molecule has 1 aliphatic rings. The number of hydrogen-bond donors (Lipinski definition) is 1. The second kappa shape index (κ2) is 5.11. The molecule has 14 heavy (non-hydrogen) atoms. The maximum atomic E-state index is 4.61. The average molecular weight is 214 g/mol. The van der Waals surface area contributed by atoms with Gasteiger partial charge in [0.2, 0.25) is 0 Å². The minimum atomic E-state index is -0.0895. The van der Waals surface area contributed by atoms with Gasteiger partial charge in [0.15, 0.2) is 0 Å². The fourth-order valence-electron chi connectivity index (χ4n) is 1.83. The smallest absolute Gasteiger partial charge is 0.0999 e. The molecule has 82 valence electrons. The van der Waals surface area contributed by atoms with Crippen molar-refractivity contribution in [1.82, 2.24) is 5.09 Å². The third kappa shape index (κ3) is 3.24. The SMILES string of the molecule is CC1CCC(NP(C(C)C)C(C)C)=N1. The Morgan fingerprint density at radius 2 is 1.86 bits per heavy atom. The van der Waals surface area contributed by atoms with Crippen LogP contribution >= 0.6 is 8.07 Å². The van der Waals surface area contributed by atoms with Gasteiger partial charge >= 0.3 is 0 Å². The van der Waals surface area contributed by atoms with Crippen molar-refractivity contribution in [2.24, 2.45) is 4.99 Å². The second-order valence-electron chi connectivity index (χ2n) is 4.67. The van der Waals surface area contributed by atoms with E-state index in [-0.39, 0.29) is 8.07 Å². The van der Waals surface area contributed by atoms with Crippen LogP contribution in [0.1, 0.15) is 47.5 Å². The fraction of sp³-hybridized carbons (Fsp3) is 0.909. The molecule has 1 unspecified atom stereocenters. The van der Waals surface area contributed by atoms with E-state index < -0.39 is 0 Å². The topological polar surface area (TPSA) is 24.4 Å². The Kier molecular flexibility index (Phi) is 4.37. The number of nitrogens with one attached hydrogen (secondary N) is 1. The summed E-state index contributed by atoms with van der Waals surface area (Å²) in [6.45, 7) is 11.4. The lowest BCUT2D eigenvalue weighted by Gasteiger charge is -2.27. The van der Waals surface area contributed by atoms with Gasteiger partial charge in [0.25, 0.3) is 0 Å². The van der Waals surface area contributed by atoms with E-state index in [0.29, 0.717) is 6.04 Å². The van der Waals surface area contributed by atoms with E-state index in [2.05, 4.69) is 44.7 Å². The van der Waals surface area contributed by atoms with Gasteiger partial charge in [-0.2, -0.15) is 0 Å². The van der Waals surface area contributed by atoms with Crippen molar-refractivity contribution in [3.63, 3.8) is 0 Å². The molecule has 1 N–H and O–H groups in total. The van der Waals surface area contributed by atoms with Crippen molar-refractivity contribution in [1.29, 1.82) is 0 Å². The van der Waals surface area contributed by atoms with Crippen LogP contribution in [0.5, 0.6) is 0 Å². The molecular weight excluding hydrogens is 191 g/mol. The van der Waals surface area contributed by atoms with Gasteiger partial charge in [0, 0.05) is 12.5 Å². The summed E-state index contributed by atoms with van der Waals surface area (Å²) in [6, 6.07) is 0.536. The Hall–Kier alpha value is -0.100. The molecule has 0 saturated carbocycles. The lowest BCUT2D eigenvalue weighted by atomic mass is 10.2. The first-order valence-electron chi connectivity index (χ1n) is 5.62. The van der Waals surface area contributed by atoms with E-state index in [9.17, 15) is 0 Å². The molecule has 1 aliphatic heterocycles. The highest BCUT2D eigenvalue weighted by Crippen LogP contribution is 2.42. The van der Waals surface area contributed by atoms with Gasteiger partial charge in [0.1, 0.15) is 0 Å². The predicted molar refractivity (Wildman–Crippen MR) is 66.5 cm³/mol. The zero-order chi connectivity index (χ0) is 10.7. The average Bonchev–Trinajstić information content (AvgIpc) is 2.46. The summed E-state index contributed by atoms with van der Waals surface area (Å²) in [5, 5.41) is 3.66. The Labute approximate surface area is 89.4 Å². The van der Waals surface area contributed by atoms with Crippen molar-refractivity contribution in [3.05, 3.63) is 0 Å². The minimum Gasteiger partial charge on any atom is -0.352 e. The first-order chi connectivity index (χ1) is 6.50. The quantitative estimate of drug-likeness (QED) is 0.716. The number of rotatable bonds is 3. The highest BCUT2D eigenvalue weighted by atomic mass is 31.1. The van der Waals surface area contributed by atoms with E-state index in [1.54, 1.807) is 0 Å². The second-order valence-corrected chi connectivity index (χ2v) is 7.77. The van der Waals surface area contributed by atoms with Crippen LogP contribution in [0.2, 0.25) is 0 Å². The maximum absolute atomic E-state index is 4.61. The molecule has 0 aromatic carbocycles. The third-order valence-electron chi connectivity index (χ3n) is 2.55. The summed E-state index contributed by atoms with van der Waals surface area (Å²) in [6.07, 6.45) is 2.38. The van der Waals surface area contributed by atoms with Crippen LogP contribution in [0.3, 0.4) is 0 Å². The van der Waals surface area contributed by atoms with Crippen LogP contribution in [-0.4, -0.2) is 23.2 Å². The molecule has 0 aliphatic carbocycles. The van der Waals surface area contributed by atoms with E-state index in [4.69, 9.17) is 0 Å². The first-order valence-corrected chi connectivity index (χ1v) is 7.10. The van der Waals surface area contributed by atoms with Crippen molar-refractivity contribution in [2.45, 2.75) is 64.8 Å². The van der Waals surface area contributed by atoms with Gasteiger partial charge in [0.05, 0.1) is 5.84 Å². The normalized spacial score (nSPS) is 22.3. The zero-order valence-corrected chi connectivity index (χ0v) is 10.9. The summed E-state index contributed by atoms with van der Waals surface area (Å²) in [7, 11) is -0.0895. The van der Waals surface area contributed by atoms with E-state index in [1.165, 1.54) is 12.3 Å². The molecular formula is C11H23N2P. The molecule has 0 fully saturated rings. The molecule has 2 nitrogen and oxygen atoms in total. The number of amidine groups is 1. The van der Waals surface area contributed by atoms with Gasteiger partial charge < -0.3 is 5.09 Å². The zero-order valence-electron chi connectivity index (χ0n) is 10.0. The van der Waals surface area contributed by atoms with Gasteiger partial charge in [-0.1, -0.05) is 27.7 Å². The van der Waals surface area contributed by atoms with E-state index in [0.717, 1.165) is 17.7 Å². The summed E-state index contributed by atoms with van der Waals surface area (Å²) >= 11 is 0. The lowest BCUT2D eigenvalue weighted by Crippen LogP contribution is -2.23. The van der Waals surface area contributed by atoms with Gasteiger partial charge in [-0.3, -0.25) is 4.99 Å². The van der Waals surface area contributed by atoms with Crippen LogP contribution in [0, 0.1) is 0 Å². The minimum absolute atomic E-state index is 0.0895. The highest BCUT2D eigenvalue weighted by Gasteiger charge is 2.21. The van der Waals surface area contributed by atoms with Crippen LogP contribution < -0.4 is 5.09 Å². The predicted octanol–water partition coefficient (Wildman–Crippen LogP) is 3.37. The monoisotopic (exact) mass is 214 g/mol. The number of nitrogens with zero attached hydrogens (tertiary/aromatic N) is 1. The Morgan fingerprint density at radius 1 is 1.29 bits per heavy atom. The van der Waals surface area contributed by atoms with Crippen LogP contribution in [-0.2, 0) is 0 Å². The van der Waals surface area contributed by atoms with Crippen molar-refractivity contribution < 1.29 is 0 Å². The molecule has 0 spiro atoms. The Morgan fingerprint density at radius 3 is 2.21 bits per heavy atom. The van der Waals surface area contributed by atoms with Crippen LogP contribution in [0.25, 0.3) is 0 Å². The summed E-state index contributed by atoms with van der Waals surface area (Å²) in [4.78, 5) is 4.61. The first kappa shape index (κ1) is 12.0. The summed E-state index contributed by atoms with van der Waals surface area (Å²) in [5.74, 6) is 1.26. The third-order valence-corrected chi connectivity index (χ3v) is 5.29. The largest absolute Gasteiger partial charge is 0.352 e. The molecule has 3 heteroatoms. The molecule has 0 aromatic rings. The summed E-state index contributed by atoms with van der Waals surface area (Å²) < 4.78 is 0. The molecule has 1 rings (SSSR count). The van der Waals surface area contributed by atoms with Crippen molar-refractivity contribution >= 4 is 13.9 Å². The Balaban J connectivity index is 2.52. The molecule has 0 saturated heterocycles. The maximum Gasteiger partial charge on any atom is 0.0999 e. The number of aliphatic imine (C=N–C) groups is 1. The number of hydrogen-bond acceptors (Lipinski definition) is 2. The fourth-order valence-corrected chi connectivity index (χ4v) is 4.01. The van der Waals surface area contributed by atoms with Crippen molar-refractivity contribution in [3.8, 4) is 0 Å².